The van der Waals surface area contributed by atoms with Gasteiger partial charge in [-0.3, -0.25) is 14.4 Å². The second-order valence-electron chi connectivity index (χ2n) is 8.64. The number of carbonyl (C=O) groups is 2. The molecule has 31 heavy (non-hydrogen) atoms. The summed E-state index contributed by atoms with van der Waals surface area (Å²) in [6, 6.07) is 7.56. The molecule has 0 saturated heterocycles. The minimum atomic E-state index is -0.324. The Kier molecular flexibility index (Phi) is 4.84. The van der Waals surface area contributed by atoms with Crippen LogP contribution in [0.4, 0.5) is 5.69 Å². The third kappa shape index (κ3) is 3.97. The number of hydrogen-bond donors (Lipinski definition) is 3. The summed E-state index contributed by atoms with van der Waals surface area (Å²) in [7, 11) is 0. The number of anilines is 1. The van der Waals surface area contributed by atoms with Crippen molar-refractivity contribution in [2.45, 2.75) is 45.7 Å². The zero-order valence-corrected chi connectivity index (χ0v) is 17.4. The van der Waals surface area contributed by atoms with Crippen LogP contribution in [-0.4, -0.2) is 26.3 Å². The molecule has 8 nitrogen and oxygen atoms in total. The van der Waals surface area contributed by atoms with Crippen molar-refractivity contribution < 1.29 is 9.59 Å². The van der Waals surface area contributed by atoms with Crippen LogP contribution in [0.5, 0.6) is 0 Å². The molecule has 0 unspecified atom stereocenters. The molecule has 4 heterocycles. The molecule has 3 N–H and O–H groups in total. The van der Waals surface area contributed by atoms with E-state index in [9.17, 15) is 14.4 Å². The van der Waals surface area contributed by atoms with E-state index in [0.717, 1.165) is 28.7 Å². The molecule has 160 valence electrons. The van der Waals surface area contributed by atoms with E-state index < -0.39 is 0 Å². The first-order valence-electron chi connectivity index (χ1n) is 10.7. The molecule has 5 rings (SSSR count). The highest BCUT2D eigenvalue weighted by Crippen LogP contribution is 2.38. The first-order chi connectivity index (χ1) is 15.0. The second-order valence-corrected chi connectivity index (χ2v) is 8.64. The minimum Gasteiger partial charge on any atom is -0.360 e. The van der Waals surface area contributed by atoms with Crippen molar-refractivity contribution in [3.8, 4) is 0 Å². The van der Waals surface area contributed by atoms with Gasteiger partial charge in [-0.05, 0) is 55.5 Å². The van der Waals surface area contributed by atoms with Crippen LogP contribution in [0, 0.1) is 18.8 Å². The van der Waals surface area contributed by atoms with Gasteiger partial charge in [-0.1, -0.05) is 12.8 Å². The van der Waals surface area contributed by atoms with E-state index >= 15 is 0 Å². The van der Waals surface area contributed by atoms with E-state index in [1.165, 1.54) is 17.4 Å². The van der Waals surface area contributed by atoms with Gasteiger partial charge in [0.2, 0.25) is 11.8 Å². The number of fused-ring (bicyclic) bond motifs is 2. The summed E-state index contributed by atoms with van der Waals surface area (Å²) in [5, 5.41) is 5.63. The summed E-state index contributed by atoms with van der Waals surface area (Å²) in [5.41, 5.74) is 4.09. The molecule has 8 heteroatoms. The van der Waals surface area contributed by atoms with Crippen LogP contribution in [0.1, 0.15) is 36.2 Å². The predicted molar refractivity (Wildman–Crippen MR) is 117 cm³/mol. The van der Waals surface area contributed by atoms with Crippen LogP contribution < -0.4 is 16.2 Å². The molecule has 1 atom stereocenters. The molecule has 3 aromatic rings. The number of rotatable bonds is 6. The Bertz CT molecular complexity index is 1240. The van der Waals surface area contributed by atoms with E-state index in [-0.39, 0.29) is 36.4 Å². The summed E-state index contributed by atoms with van der Waals surface area (Å²) in [4.78, 5) is 45.6. The smallest absolute Gasteiger partial charge is 0.275 e. The molecule has 2 aliphatic rings. The lowest BCUT2D eigenvalue weighted by Crippen LogP contribution is -2.39. The van der Waals surface area contributed by atoms with Crippen molar-refractivity contribution in [1.29, 1.82) is 0 Å². The summed E-state index contributed by atoms with van der Waals surface area (Å²) in [6.07, 6.45) is 5.69. The van der Waals surface area contributed by atoms with Gasteiger partial charge in [0.15, 0.2) is 0 Å². The van der Waals surface area contributed by atoms with Gasteiger partial charge in [0.1, 0.15) is 12.2 Å². The number of pyridine rings is 2. The molecule has 1 aliphatic carbocycles. The van der Waals surface area contributed by atoms with Crippen LogP contribution in [0.2, 0.25) is 0 Å². The molecule has 2 amide bonds. The normalized spacial score (nSPS) is 18.0. The van der Waals surface area contributed by atoms with Crippen molar-refractivity contribution in [3.05, 3.63) is 57.8 Å². The standard InChI is InChI=1S/C23H25N5O3/c1-13-8-15-10-16(9-14-2-3-14)22(30)27-21(15)23(31)28(13)12-20(29)25-11-17-4-5-18-19(26-17)6-7-24-18/h4-8,14,16,24H,2-3,9-12H2,1H3,(H,25,29)(H,27,30)/t16-/m1/s1. The molecule has 3 aromatic heterocycles. The maximum absolute atomic E-state index is 13.0. The van der Waals surface area contributed by atoms with E-state index in [0.29, 0.717) is 23.7 Å². The number of aromatic amines is 1. The van der Waals surface area contributed by atoms with Crippen molar-refractivity contribution in [2.75, 3.05) is 5.32 Å². The Balaban J connectivity index is 1.28. The highest BCUT2D eigenvalue weighted by atomic mass is 16.2. The summed E-state index contributed by atoms with van der Waals surface area (Å²) < 4.78 is 1.42. The molecule has 1 saturated carbocycles. The Labute approximate surface area is 179 Å². The van der Waals surface area contributed by atoms with Crippen molar-refractivity contribution in [2.24, 2.45) is 11.8 Å². The Morgan fingerprint density at radius 2 is 2.10 bits per heavy atom. The molecule has 1 fully saturated rings. The van der Waals surface area contributed by atoms with E-state index in [1.807, 2.05) is 37.4 Å². The zero-order valence-electron chi connectivity index (χ0n) is 17.4. The monoisotopic (exact) mass is 419 g/mol. The molecular weight excluding hydrogens is 394 g/mol. The predicted octanol–water partition coefficient (Wildman–Crippen LogP) is 2.26. The fraction of sp³-hybridized carbons (Fsp3) is 0.391. The number of carbonyl (C=O) groups excluding carboxylic acids is 2. The number of aryl methyl sites for hydroxylation is 1. The first-order valence-corrected chi connectivity index (χ1v) is 10.7. The van der Waals surface area contributed by atoms with Gasteiger partial charge >= 0.3 is 0 Å². The topological polar surface area (TPSA) is 109 Å². The first kappa shape index (κ1) is 19.5. The average molecular weight is 419 g/mol. The SMILES string of the molecule is Cc1cc2c(c(=O)n1CC(=O)NCc1ccc3[nH]ccc3n1)NC(=O)[C@H](CC1CC1)C2. The lowest BCUT2D eigenvalue weighted by molar-refractivity contribution is -0.122. The van der Waals surface area contributed by atoms with E-state index in [1.54, 1.807) is 0 Å². The third-order valence-electron chi connectivity index (χ3n) is 6.22. The lowest BCUT2D eigenvalue weighted by atomic mass is 9.89. The minimum absolute atomic E-state index is 0.0668. The summed E-state index contributed by atoms with van der Waals surface area (Å²) >= 11 is 0. The number of nitrogens with zero attached hydrogens (tertiary/aromatic N) is 2. The molecule has 1 aliphatic heterocycles. The van der Waals surface area contributed by atoms with Gasteiger partial charge < -0.3 is 20.2 Å². The number of nitrogens with one attached hydrogen (secondary N) is 3. The van der Waals surface area contributed by atoms with Crippen molar-refractivity contribution in [3.63, 3.8) is 0 Å². The van der Waals surface area contributed by atoms with Crippen molar-refractivity contribution >= 4 is 28.5 Å². The zero-order chi connectivity index (χ0) is 21.5. The number of amides is 2. The second kappa shape index (κ2) is 7.68. The molecular formula is C23H25N5O3. The van der Waals surface area contributed by atoms with Gasteiger partial charge in [-0.2, -0.15) is 0 Å². The largest absolute Gasteiger partial charge is 0.360 e. The number of H-pyrrole nitrogens is 1. The number of hydrogen-bond acceptors (Lipinski definition) is 4. The van der Waals surface area contributed by atoms with Gasteiger partial charge in [0.05, 0.1) is 23.3 Å². The fourth-order valence-electron chi connectivity index (χ4n) is 4.32. The quantitative estimate of drug-likeness (QED) is 0.569. The van der Waals surface area contributed by atoms with Crippen LogP contribution in [0.25, 0.3) is 11.0 Å². The average Bonchev–Trinajstić information content (AvgIpc) is 3.44. The molecule has 0 bridgehead atoms. The Hall–Kier alpha value is -3.42. The Morgan fingerprint density at radius 1 is 1.26 bits per heavy atom. The van der Waals surface area contributed by atoms with Gasteiger partial charge in [0.25, 0.3) is 5.56 Å². The van der Waals surface area contributed by atoms with Crippen LogP contribution >= 0.6 is 0 Å². The summed E-state index contributed by atoms with van der Waals surface area (Å²) in [6.45, 7) is 1.99. The molecule has 0 aromatic carbocycles. The van der Waals surface area contributed by atoms with E-state index in [4.69, 9.17) is 0 Å². The number of aromatic nitrogens is 3. The highest BCUT2D eigenvalue weighted by Gasteiger charge is 2.34. The lowest BCUT2D eigenvalue weighted by Gasteiger charge is -2.25. The van der Waals surface area contributed by atoms with Gasteiger partial charge in [0, 0.05) is 17.8 Å². The highest BCUT2D eigenvalue weighted by molar-refractivity contribution is 5.95. The van der Waals surface area contributed by atoms with Crippen LogP contribution in [-0.2, 0) is 29.1 Å². The molecule has 0 spiro atoms. The molecule has 0 radical (unpaired) electrons. The maximum atomic E-state index is 13.0. The fourth-order valence-corrected chi connectivity index (χ4v) is 4.32. The van der Waals surface area contributed by atoms with Crippen molar-refractivity contribution in [1.82, 2.24) is 19.9 Å². The Morgan fingerprint density at radius 3 is 2.90 bits per heavy atom. The maximum Gasteiger partial charge on any atom is 0.275 e. The van der Waals surface area contributed by atoms with Gasteiger partial charge in [-0.15, -0.1) is 0 Å². The van der Waals surface area contributed by atoms with Crippen LogP contribution in [0.15, 0.2) is 35.3 Å². The summed E-state index contributed by atoms with van der Waals surface area (Å²) in [5.74, 6) is 0.218. The van der Waals surface area contributed by atoms with Gasteiger partial charge in [-0.25, -0.2) is 4.98 Å². The third-order valence-corrected chi connectivity index (χ3v) is 6.22. The van der Waals surface area contributed by atoms with E-state index in [2.05, 4.69) is 20.6 Å². The van der Waals surface area contributed by atoms with Crippen LogP contribution in [0.3, 0.4) is 0 Å².